The normalized spacial score (nSPS) is 11.8. The zero-order valence-corrected chi connectivity index (χ0v) is 34.4. The number of hydrogen-bond donors (Lipinski definition) is 0. The molecule has 0 amide bonds. The average molecular weight is 818 g/mol. The summed E-state index contributed by atoms with van der Waals surface area (Å²) >= 11 is 0. The molecule has 64 heavy (non-hydrogen) atoms. The van der Waals surface area contributed by atoms with E-state index in [1.54, 1.807) is 0 Å². The van der Waals surface area contributed by atoms with Gasteiger partial charge in [0.05, 0.1) is 16.9 Å². The minimum atomic E-state index is 0.662. The fraction of sp³-hybridized carbons (Fsp3) is 0. The molecule has 0 fully saturated rings. The van der Waals surface area contributed by atoms with Crippen LogP contribution in [0.2, 0.25) is 0 Å². The molecule has 0 aliphatic heterocycles. The van der Waals surface area contributed by atoms with Crippen LogP contribution in [0.4, 0.5) is 0 Å². The quantitative estimate of drug-likeness (QED) is 0.167. The molecule has 298 valence electrons. The SMILES string of the molecule is c1ccc(-c2nc(-c3ccc(-c4cccc5c4oc4ccccc45)cc3)cc(-c3cccc(-c4cccc5c4nc(-c4cccc6ccccc46)c4oc6ccccc6c45)c3)n2)cc1. The van der Waals surface area contributed by atoms with Crippen LogP contribution in [0.5, 0.6) is 0 Å². The predicted molar refractivity (Wildman–Crippen MR) is 262 cm³/mol. The molecule has 13 rings (SSSR count). The van der Waals surface area contributed by atoms with Crippen molar-refractivity contribution in [3.8, 4) is 67.4 Å². The Bertz CT molecular complexity index is 3950. The molecule has 0 N–H and O–H groups in total. The molecule has 0 spiro atoms. The van der Waals surface area contributed by atoms with Gasteiger partial charge in [-0.3, -0.25) is 0 Å². The first-order valence-electron chi connectivity index (χ1n) is 21.5. The lowest BCUT2D eigenvalue weighted by Gasteiger charge is -2.13. The summed E-state index contributed by atoms with van der Waals surface area (Å²) in [5.41, 5.74) is 15.0. The van der Waals surface area contributed by atoms with Crippen molar-refractivity contribution in [2.75, 3.05) is 0 Å². The van der Waals surface area contributed by atoms with Crippen molar-refractivity contribution in [3.05, 3.63) is 212 Å². The van der Waals surface area contributed by atoms with Crippen molar-refractivity contribution in [2.24, 2.45) is 0 Å². The first kappa shape index (κ1) is 36.0. The third kappa shape index (κ3) is 5.83. The van der Waals surface area contributed by atoms with Crippen LogP contribution in [0, 0.1) is 0 Å². The van der Waals surface area contributed by atoms with Crippen LogP contribution in [-0.4, -0.2) is 15.0 Å². The van der Waals surface area contributed by atoms with E-state index in [4.69, 9.17) is 23.8 Å². The molecule has 5 nitrogen and oxygen atoms in total. The van der Waals surface area contributed by atoms with Crippen molar-refractivity contribution >= 4 is 65.6 Å². The standard InChI is InChI=1S/C59H35N3O2/c1-2-15-39(16-3-1)59-60-50(38-32-30-37(31-33-38)44-24-13-26-47-45-21-6-8-28-52(45)63-57(44)47)35-51(61-59)41-19-10-18-40(34-41)43-23-12-27-49-54-48-22-7-9-29-53(48)64-58(54)56(62-55(43)49)46-25-11-17-36-14-4-5-20-42(36)46/h1-35H. The van der Waals surface area contributed by atoms with Gasteiger partial charge in [0.15, 0.2) is 11.4 Å². The Morgan fingerprint density at radius 2 is 0.875 bits per heavy atom. The van der Waals surface area contributed by atoms with Crippen molar-refractivity contribution in [2.45, 2.75) is 0 Å². The van der Waals surface area contributed by atoms with Crippen molar-refractivity contribution < 1.29 is 8.83 Å². The fourth-order valence-electron chi connectivity index (χ4n) is 9.46. The third-order valence-corrected chi connectivity index (χ3v) is 12.5. The smallest absolute Gasteiger partial charge is 0.162 e. The second kappa shape index (κ2) is 14.5. The van der Waals surface area contributed by atoms with Gasteiger partial charge >= 0.3 is 0 Å². The lowest BCUT2D eigenvalue weighted by atomic mass is 9.95. The van der Waals surface area contributed by atoms with E-state index in [9.17, 15) is 0 Å². The topological polar surface area (TPSA) is 65.0 Å². The minimum absolute atomic E-state index is 0.662. The van der Waals surface area contributed by atoms with Crippen LogP contribution >= 0.6 is 0 Å². The molecule has 5 heteroatoms. The lowest BCUT2D eigenvalue weighted by Crippen LogP contribution is -1.96. The highest BCUT2D eigenvalue weighted by molar-refractivity contribution is 6.23. The Hall–Kier alpha value is -8.67. The van der Waals surface area contributed by atoms with E-state index in [1.807, 2.05) is 42.5 Å². The van der Waals surface area contributed by atoms with Gasteiger partial charge in [-0.25, -0.2) is 15.0 Å². The maximum Gasteiger partial charge on any atom is 0.162 e. The fourth-order valence-corrected chi connectivity index (χ4v) is 9.46. The molecule has 0 aliphatic carbocycles. The molecule has 4 heterocycles. The van der Waals surface area contributed by atoms with Crippen LogP contribution in [0.15, 0.2) is 221 Å². The van der Waals surface area contributed by atoms with Crippen LogP contribution in [0.1, 0.15) is 0 Å². The summed E-state index contributed by atoms with van der Waals surface area (Å²) in [6.07, 6.45) is 0. The lowest BCUT2D eigenvalue weighted by molar-refractivity contribution is 0.668. The zero-order valence-electron chi connectivity index (χ0n) is 34.4. The number of benzene rings is 9. The molecule has 0 unspecified atom stereocenters. The van der Waals surface area contributed by atoms with Crippen LogP contribution in [-0.2, 0) is 0 Å². The first-order valence-corrected chi connectivity index (χ1v) is 21.5. The summed E-state index contributed by atoms with van der Waals surface area (Å²) in [4.78, 5) is 15.9. The summed E-state index contributed by atoms with van der Waals surface area (Å²) in [6.45, 7) is 0. The third-order valence-electron chi connectivity index (χ3n) is 12.5. The minimum Gasteiger partial charge on any atom is -0.455 e. The second-order valence-corrected chi connectivity index (χ2v) is 16.3. The van der Waals surface area contributed by atoms with E-state index in [-0.39, 0.29) is 0 Å². The van der Waals surface area contributed by atoms with Gasteiger partial charge in [0.1, 0.15) is 22.4 Å². The maximum atomic E-state index is 6.69. The molecular weight excluding hydrogens is 783 g/mol. The number of pyridine rings is 1. The molecule has 0 saturated heterocycles. The Labute approximate surface area is 367 Å². The van der Waals surface area contributed by atoms with Gasteiger partial charge in [-0.15, -0.1) is 0 Å². The van der Waals surface area contributed by atoms with Gasteiger partial charge in [0.2, 0.25) is 0 Å². The Balaban J connectivity index is 0.958. The predicted octanol–water partition coefficient (Wildman–Crippen LogP) is 16.0. The summed E-state index contributed by atoms with van der Waals surface area (Å²) < 4.78 is 13.1. The molecule has 0 atom stereocenters. The summed E-state index contributed by atoms with van der Waals surface area (Å²) in [6, 6.07) is 73.7. The van der Waals surface area contributed by atoms with E-state index in [2.05, 4.69) is 170 Å². The highest BCUT2D eigenvalue weighted by Gasteiger charge is 2.21. The molecule has 0 radical (unpaired) electrons. The first-order chi connectivity index (χ1) is 31.7. The van der Waals surface area contributed by atoms with E-state index in [0.29, 0.717) is 5.82 Å². The number of para-hydroxylation sites is 4. The van der Waals surface area contributed by atoms with Gasteiger partial charge in [-0.1, -0.05) is 188 Å². The number of furan rings is 2. The van der Waals surface area contributed by atoms with Gasteiger partial charge in [0.25, 0.3) is 0 Å². The molecule has 4 aromatic heterocycles. The largest absolute Gasteiger partial charge is 0.455 e. The monoisotopic (exact) mass is 817 g/mol. The summed E-state index contributed by atoms with van der Waals surface area (Å²) in [5.74, 6) is 0.662. The number of aromatic nitrogens is 3. The number of nitrogens with zero attached hydrogens (tertiary/aromatic N) is 3. The maximum absolute atomic E-state index is 6.69. The van der Waals surface area contributed by atoms with Crippen molar-refractivity contribution in [3.63, 3.8) is 0 Å². The van der Waals surface area contributed by atoms with Crippen LogP contribution in [0.3, 0.4) is 0 Å². The second-order valence-electron chi connectivity index (χ2n) is 16.3. The molecule has 9 aromatic carbocycles. The van der Waals surface area contributed by atoms with E-state index >= 15 is 0 Å². The molecule has 0 bridgehead atoms. The van der Waals surface area contributed by atoms with Gasteiger partial charge in [-0.05, 0) is 46.2 Å². The van der Waals surface area contributed by atoms with Gasteiger partial charge in [0, 0.05) is 60.3 Å². The molecule has 13 aromatic rings. The van der Waals surface area contributed by atoms with E-state index in [1.165, 1.54) is 0 Å². The van der Waals surface area contributed by atoms with E-state index in [0.717, 1.165) is 127 Å². The number of rotatable bonds is 6. The van der Waals surface area contributed by atoms with E-state index < -0.39 is 0 Å². The molecular formula is C59H35N3O2. The highest BCUT2D eigenvalue weighted by atomic mass is 16.3. The Kier molecular flexibility index (Phi) is 8.15. The van der Waals surface area contributed by atoms with Gasteiger partial charge in [-0.2, -0.15) is 0 Å². The van der Waals surface area contributed by atoms with Crippen molar-refractivity contribution in [1.29, 1.82) is 0 Å². The molecule has 0 saturated carbocycles. The number of fused-ring (bicyclic) bond motifs is 9. The van der Waals surface area contributed by atoms with Crippen molar-refractivity contribution in [1.82, 2.24) is 15.0 Å². The van der Waals surface area contributed by atoms with Gasteiger partial charge < -0.3 is 8.83 Å². The van der Waals surface area contributed by atoms with Crippen LogP contribution in [0.25, 0.3) is 133 Å². The highest BCUT2D eigenvalue weighted by Crippen LogP contribution is 2.44. The summed E-state index contributed by atoms with van der Waals surface area (Å²) in [5, 5.41) is 7.69. The summed E-state index contributed by atoms with van der Waals surface area (Å²) in [7, 11) is 0. The molecule has 0 aliphatic rings. The number of hydrogen-bond acceptors (Lipinski definition) is 5. The Morgan fingerprint density at radius 3 is 1.72 bits per heavy atom. The van der Waals surface area contributed by atoms with Crippen LogP contribution < -0.4 is 0 Å². The Morgan fingerprint density at radius 1 is 0.312 bits per heavy atom. The zero-order chi connectivity index (χ0) is 42.1. The average Bonchev–Trinajstić information content (AvgIpc) is 3.96.